The molecular weight excluding hydrogens is 251 g/mol. The van der Waals surface area contributed by atoms with Gasteiger partial charge in [-0.15, -0.1) is 0 Å². The van der Waals surface area contributed by atoms with Gasteiger partial charge in [-0.05, 0) is 19.1 Å². The summed E-state index contributed by atoms with van der Waals surface area (Å²) in [7, 11) is 0. The minimum atomic E-state index is -0.856. The van der Waals surface area contributed by atoms with Crippen LogP contribution >= 0.6 is 23.2 Å². The fourth-order valence-corrected chi connectivity index (χ4v) is 1.46. The largest absolute Gasteiger partial charge is 0.397 e. The molecule has 0 unspecified atom stereocenters. The van der Waals surface area contributed by atoms with Crippen molar-refractivity contribution >= 4 is 34.6 Å². The van der Waals surface area contributed by atoms with Crippen molar-refractivity contribution in [2.24, 2.45) is 0 Å². The molecule has 0 aromatic heterocycles. The first-order chi connectivity index (χ1) is 7.41. The van der Waals surface area contributed by atoms with Crippen molar-refractivity contribution in [3.63, 3.8) is 0 Å². The van der Waals surface area contributed by atoms with Crippen molar-refractivity contribution in [1.82, 2.24) is 0 Å². The van der Waals surface area contributed by atoms with Gasteiger partial charge in [0.05, 0.1) is 40.2 Å². The number of aliphatic hydroxyl groups is 2. The second kappa shape index (κ2) is 5.10. The van der Waals surface area contributed by atoms with Gasteiger partial charge >= 0.3 is 0 Å². The molecule has 5 N–H and O–H groups in total. The summed E-state index contributed by atoms with van der Waals surface area (Å²) in [5.74, 6) is 0. The molecule has 0 aliphatic heterocycles. The van der Waals surface area contributed by atoms with Crippen molar-refractivity contribution in [2.45, 2.75) is 12.5 Å². The van der Waals surface area contributed by atoms with Crippen LogP contribution in [0.5, 0.6) is 0 Å². The fraction of sp³-hybridized carbons (Fsp3) is 0.400. The van der Waals surface area contributed by atoms with E-state index in [1.165, 1.54) is 6.07 Å². The van der Waals surface area contributed by atoms with Gasteiger partial charge in [0.1, 0.15) is 0 Å². The number of nitrogen functional groups attached to an aromatic ring is 1. The Bertz CT molecular complexity index is 381. The summed E-state index contributed by atoms with van der Waals surface area (Å²) in [6, 6.07) is 3.07. The zero-order valence-corrected chi connectivity index (χ0v) is 10.3. The highest BCUT2D eigenvalue weighted by Gasteiger charge is 2.23. The Morgan fingerprint density at radius 2 is 1.75 bits per heavy atom. The lowest BCUT2D eigenvalue weighted by atomic mass is 10.0. The van der Waals surface area contributed by atoms with E-state index in [0.29, 0.717) is 21.4 Å². The molecule has 0 amide bonds. The highest BCUT2D eigenvalue weighted by Crippen LogP contribution is 2.32. The quantitative estimate of drug-likeness (QED) is 0.625. The van der Waals surface area contributed by atoms with Crippen LogP contribution in [0.2, 0.25) is 10.0 Å². The lowest BCUT2D eigenvalue weighted by Gasteiger charge is -2.28. The van der Waals surface area contributed by atoms with Crippen molar-refractivity contribution in [3.8, 4) is 0 Å². The first-order valence-electron chi connectivity index (χ1n) is 4.66. The molecule has 0 bridgehead atoms. The van der Waals surface area contributed by atoms with E-state index in [9.17, 15) is 0 Å². The highest BCUT2D eigenvalue weighted by atomic mass is 35.5. The van der Waals surface area contributed by atoms with Crippen LogP contribution in [0.3, 0.4) is 0 Å². The Balaban J connectivity index is 3.01. The number of anilines is 2. The van der Waals surface area contributed by atoms with E-state index in [4.69, 9.17) is 39.1 Å². The van der Waals surface area contributed by atoms with Gasteiger partial charge in [0.2, 0.25) is 0 Å². The highest BCUT2D eigenvalue weighted by molar-refractivity contribution is 6.42. The maximum atomic E-state index is 9.14. The monoisotopic (exact) mass is 264 g/mol. The summed E-state index contributed by atoms with van der Waals surface area (Å²) < 4.78 is 0. The van der Waals surface area contributed by atoms with E-state index in [-0.39, 0.29) is 13.2 Å². The predicted molar refractivity (Wildman–Crippen MR) is 67.1 cm³/mol. The molecule has 0 saturated heterocycles. The number of aliphatic hydroxyl groups excluding tert-OH is 2. The minimum Gasteiger partial charge on any atom is -0.397 e. The Kier molecular flexibility index (Phi) is 4.27. The average molecular weight is 265 g/mol. The molecule has 0 heterocycles. The molecular formula is C10H14Cl2N2O2. The maximum absolute atomic E-state index is 9.14. The summed E-state index contributed by atoms with van der Waals surface area (Å²) >= 11 is 11.6. The first kappa shape index (κ1) is 13.4. The van der Waals surface area contributed by atoms with E-state index >= 15 is 0 Å². The minimum absolute atomic E-state index is 0.233. The Hall–Kier alpha value is -0.680. The molecule has 4 nitrogen and oxygen atoms in total. The maximum Gasteiger partial charge on any atom is 0.0807 e. The van der Waals surface area contributed by atoms with Gasteiger partial charge in [-0.25, -0.2) is 0 Å². The number of nitrogens with one attached hydrogen (secondary N) is 1. The third-order valence-electron chi connectivity index (χ3n) is 2.23. The average Bonchev–Trinajstić information content (AvgIpc) is 2.25. The summed E-state index contributed by atoms with van der Waals surface area (Å²) in [5.41, 5.74) is 5.82. The van der Waals surface area contributed by atoms with Crippen LogP contribution in [0.4, 0.5) is 11.4 Å². The van der Waals surface area contributed by atoms with Crippen LogP contribution in [-0.4, -0.2) is 29.0 Å². The molecule has 0 atom stereocenters. The summed E-state index contributed by atoms with van der Waals surface area (Å²) in [4.78, 5) is 0. The zero-order chi connectivity index (χ0) is 12.3. The third-order valence-corrected chi connectivity index (χ3v) is 2.95. The van der Waals surface area contributed by atoms with Gasteiger partial charge in [0, 0.05) is 0 Å². The Labute approximate surface area is 104 Å². The van der Waals surface area contributed by atoms with Crippen molar-refractivity contribution < 1.29 is 10.2 Å². The van der Waals surface area contributed by atoms with Crippen LogP contribution in [0, 0.1) is 0 Å². The summed E-state index contributed by atoms with van der Waals surface area (Å²) in [6.45, 7) is 1.20. The van der Waals surface area contributed by atoms with Crippen LogP contribution < -0.4 is 11.1 Å². The van der Waals surface area contributed by atoms with E-state index in [0.717, 1.165) is 0 Å². The van der Waals surface area contributed by atoms with E-state index < -0.39 is 5.54 Å². The van der Waals surface area contributed by atoms with Gasteiger partial charge in [0.15, 0.2) is 0 Å². The Morgan fingerprint density at radius 3 is 2.25 bits per heavy atom. The van der Waals surface area contributed by atoms with Crippen LogP contribution in [0.1, 0.15) is 6.92 Å². The van der Waals surface area contributed by atoms with Crippen molar-refractivity contribution in [2.75, 3.05) is 24.3 Å². The molecule has 0 aliphatic carbocycles. The zero-order valence-electron chi connectivity index (χ0n) is 8.80. The van der Waals surface area contributed by atoms with Gasteiger partial charge in [-0.1, -0.05) is 23.2 Å². The fourth-order valence-electron chi connectivity index (χ4n) is 1.12. The molecule has 90 valence electrons. The van der Waals surface area contributed by atoms with Gasteiger partial charge < -0.3 is 21.3 Å². The molecule has 0 spiro atoms. The number of halogens is 2. The number of rotatable bonds is 4. The molecule has 0 aliphatic rings. The van der Waals surface area contributed by atoms with Crippen molar-refractivity contribution in [3.05, 3.63) is 22.2 Å². The van der Waals surface area contributed by atoms with Gasteiger partial charge in [0.25, 0.3) is 0 Å². The number of benzene rings is 1. The number of hydrogen-bond donors (Lipinski definition) is 4. The van der Waals surface area contributed by atoms with E-state index in [2.05, 4.69) is 5.32 Å². The summed E-state index contributed by atoms with van der Waals surface area (Å²) in [5, 5.41) is 21.9. The van der Waals surface area contributed by atoms with E-state index in [1.807, 2.05) is 0 Å². The predicted octanol–water partition coefficient (Wildman–Crippen LogP) is 1.73. The molecule has 0 fully saturated rings. The lowest BCUT2D eigenvalue weighted by Crippen LogP contribution is -2.42. The lowest BCUT2D eigenvalue weighted by molar-refractivity contribution is 0.147. The molecule has 6 heteroatoms. The molecule has 1 aromatic rings. The van der Waals surface area contributed by atoms with E-state index in [1.54, 1.807) is 13.0 Å². The molecule has 16 heavy (non-hydrogen) atoms. The van der Waals surface area contributed by atoms with Crippen LogP contribution in [0.15, 0.2) is 12.1 Å². The standard InChI is InChI=1S/C10H14Cl2N2O2/c1-10(4-15,5-16)14-9-3-7(12)6(11)2-8(9)13/h2-3,14-16H,4-5,13H2,1H3. The normalized spacial score (nSPS) is 11.6. The third kappa shape index (κ3) is 2.92. The smallest absolute Gasteiger partial charge is 0.0807 e. The summed E-state index contributed by atoms with van der Waals surface area (Å²) in [6.07, 6.45) is 0. The number of nitrogens with two attached hydrogens (primary N) is 1. The molecule has 0 radical (unpaired) electrons. The Morgan fingerprint density at radius 1 is 1.25 bits per heavy atom. The molecule has 1 rings (SSSR count). The SMILES string of the molecule is CC(CO)(CO)Nc1cc(Cl)c(Cl)cc1N. The van der Waals surface area contributed by atoms with Crippen LogP contribution in [-0.2, 0) is 0 Å². The van der Waals surface area contributed by atoms with Crippen molar-refractivity contribution in [1.29, 1.82) is 0 Å². The van der Waals surface area contributed by atoms with Gasteiger partial charge in [-0.2, -0.15) is 0 Å². The molecule has 0 saturated carbocycles. The number of hydrogen-bond acceptors (Lipinski definition) is 4. The van der Waals surface area contributed by atoms with Gasteiger partial charge in [-0.3, -0.25) is 0 Å². The second-order valence-corrected chi connectivity index (χ2v) is 4.67. The molecule has 1 aromatic carbocycles. The topological polar surface area (TPSA) is 78.5 Å². The first-order valence-corrected chi connectivity index (χ1v) is 5.42. The second-order valence-electron chi connectivity index (χ2n) is 3.86. The van der Waals surface area contributed by atoms with Crippen LogP contribution in [0.25, 0.3) is 0 Å².